The van der Waals surface area contributed by atoms with Gasteiger partial charge >= 0.3 is 5.97 Å². The largest absolute Gasteiger partial charge is 0.459 e. The van der Waals surface area contributed by atoms with Crippen LogP contribution in [0.4, 0.5) is 5.69 Å². The molecule has 0 aliphatic carbocycles. The molecule has 2 aliphatic rings. The van der Waals surface area contributed by atoms with Crippen LogP contribution in [0.25, 0.3) is 0 Å². The number of aliphatic hydroxyl groups is 1. The second kappa shape index (κ2) is 11.9. The van der Waals surface area contributed by atoms with Crippen molar-refractivity contribution in [2.24, 2.45) is 5.92 Å². The third kappa shape index (κ3) is 6.99. The number of carbonyl (C=O) groups excluding carboxylic acids is 2. The number of ether oxygens (including phenoxy) is 3. The second-order valence-electron chi connectivity index (χ2n) is 11.3. The second-order valence-corrected chi connectivity index (χ2v) is 11.3. The number of likely N-dealkylation sites (tertiary alicyclic amines) is 1. The molecular weight excluding hydrogens is 484 g/mol. The third-order valence-corrected chi connectivity index (χ3v) is 7.06. The van der Waals surface area contributed by atoms with E-state index in [2.05, 4.69) is 17.1 Å². The van der Waals surface area contributed by atoms with Crippen LogP contribution in [0.3, 0.4) is 0 Å². The number of hydrogen-bond acceptors (Lipinski definition) is 7. The molecule has 2 saturated heterocycles. The van der Waals surface area contributed by atoms with Crippen molar-refractivity contribution in [2.45, 2.75) is 84.2 Å². The monoisotopic (exact) mass is 524 g/mol. The number of carbonyl (C=O) groups is 2. The van der Waals surface area contributed by atoms with Crippen LogP contribution in [0.15, 0.2) is 48.5 Å². The third-order valence-electron chi connectivity index (χ3n) is 7.06. The predicted molar refractivity (Wildman–Crippen MR) is 144 cm³/mol. The molecule has 2 heterocycles. The standard InChI is InChI=1S/C30H40N2O6/c1-19-26(17-32-15-7-10-25(32)28(35)38-30(3,4)5)36-29(23-8-6-9-24(16-23)31-20(2)34)37-27(19)22-13-11-21(18-33)12-14-22/h6,8-9,11-14,16,19,25-27,29,33H,7,10,15,17-18H2,1-5H3,(H,31,34). The van der Waals surface area contributed by atoms with E-state index in [1.807, 2.05) is 69.3 Å². The van der Waals surface area contributed by atoms with E-state index in [0.717, 1.165) is 36.1 Å². The summed E-state index contributed by atoms with van der Waals surface area (Å²) in [6.07, 6.45) is 0.550. The van der Waals surface area contributed by atoms with Crippen molar-refractivity contribution >= 4 is 17.6 Å². The number of nitrogens with zero attached hydrogens (tertiary/aromatic N) is 1. The highest BCUT2D eigenvalue weighted by molar-refractivity contribution is 5.88. The summed E-state index contributed by atoms with van der Waals surface area (Å²) in [5.41, 5.74) is 2.77. The molecule has 2 aromatic rings. The van der Waals surface area contributed by atoms with E-state index >= 15 is 0 Å². The van der Waals surface area contributed by atoms with Gasteiger partial charge in [0.25, 0.3) is 0 Å². The summed E-state index contributed by atoms with van der Waals surface area (Å²) in [6, 6.07) is 15.0. The number of aliphatic hydroxyl groups excluding tert-OH is 1. The molecule has 2 aromatic carbocycles. The SMILES string of the molecule is CC(=O)Nc1cccc(C2OC(CN3CCCC3C(=O)OC(C)(C)C)C(C)C(c3ccc(CO)cc3)O2)c1. The van der Waals surface area contributed by atoms with Gasteiger partial charge in [0.05, 0.1) is 18.8 Å². The minimum absolute atomic E-state index is 0.00959. The number of esters is 1. The summed E-state index contributed by atoms with van der Waals surface area (Å²) in [6.45, 7) is 10.6. The predicted octanol–water partition coefficient (Wildman–Crippen LogP) is 4.73. The summed E-state index contributed by atoms with van der Waals surface area (Å²) in [4.78, 5) is 26.8. The van der Waals surface area contributed by atoms with Crippen LogP contribution < -0.4 is 5.32 Å². The lowest BCUT2D eigenvalue weighted by atomic mass is 9.90. The van der Waals surface area contributed by atoms with Crippen molar-refractivity contribution in [2.75, 3.05) is 18.4 Å². The van der Waals surface area contributed by atoms with Crippen LogP contribution in [0, 0.1) is 5.92 Å². The summed E-state index contributed by atoms with van der Waals surface area (Å²) in [5.74, 6) is -0.349. The van der Waals surface area contributed by atoms with Gasteiger partial charge < -0.3 is 24.6 Å². The van der Waals surface area contributed by atoms with Gasteiger partial charge in [-0.2, -0.15) is 0 Å². The van der Waals surface area contributed by atoms with Crippen LogP contribution in [0.5, 0.6) is 0 Å². The lowest BCUT2D eigenvalue weighted by molar-refractivity contribution is -0.276. The summed E-state index contributed by atoms with van der Waals surface area (Å²) < 4.78 is 18.8. The van der Waals surface area contributed by atoms with Crippen LogP contribution in [0.2, 0.25) is 0 Å². The molecule has 2 N–H and O–H groups in total. The molecule has 1 amide bonds. The van der Waals surface area contributed by atoms with E-state index in [1.54, 1.807) is 0 Å². The quantitative estimate of drug-likeness (QED) is 0.505. The minimum atomic E-state index is -0.657. The number of hydrogen-bond donors (Lipinski definition) is 2. The Labute approximate surface area is 225 Å². The molecule has 206 valence electrons. The number of amides is 1. The molecule has 2 fully saturated rings. The number of nitrogens with one attached hydrogen (secondary N) is 1. The molecule has 0 aromatic heterocycles. The minimum Gasteiger partial charge on any atom is -0.459 e. The molecule has 0 spiro atoms. The highest BCUT2D eigenvalue weighted by atomic mass is 16.7. The molecule has 8 nitrogen and oxygen atoms in total. The molecule has 4 rings (SSSR count). The first-order valence-electron chi connectivity index (χ1n) is 13.4. The Morgan fingerprint density at radius 3 is 2.50 bits per heavy atom. The Balaban J connectivity index is 1.60. The van der Waals surface area contributed by atoms with E-state index in [4.69, 9.17) is 14.2 Å². The zero-order valence-corrected chi connectivity index (χ0v) is 23.0. The van der Waals surface area contributed by atoms with Gasteiger partial charge in [0.1, 0.15) is 11.6 Å². The van der Waals surface area contributed by atoms with E-state index in [9.17, 15) is 14.7 Å². The average molecular weight is 525 g/mol. The van der Waals surface area contributed by atoms with Gasteiger partial charge in [-0.3, -0.25) is 14.5 Å². The first kappa shape index (κ1) is 28.2. The van der Waals surface area contributed by atoms with E-state index in [0.29, 0.717) is 12.2 Å². The Morgan fingerprint density at radius 2 is 1.84 bits per heavy atom. The van der Waals surface area contributed by atoms with Gasteiger partial charge in [0, 0.05) is 30.6 Å². The van der Waals surface area contributed by atoms with Crippen LogP contribution in [-0.4, -0.2) is 52.7 Å². The molecule has 38 heavy (non-hydrogen) atoms. The molecule has 0 radical (unpaired) electrons. The topological polar surface area (TPSA) is 97.3 Å². The molecule has 0 saturated carbocycles. The summed E-state index contributed by atoms with van der Waals surface area (Å²) in [5, 5.41) is 12.3. The zero-order chi connectivity index (χ0) is 27.4. The normalized spacial score (nSPS) is 26.2. The lowest BCUT2D eigenvalue weighted by Crippen LogP contribution is -2.48. The molecule has 8 heteroatoms. The fourth-order valence-electron chi connectivity index (χ4n) is 5.21. The van der Waals surface area contributed by atoms with Crippen molar-refractivity contribution in [3.63, 3.8) is 0 Å². The van der Waals surface area contributed by atoms with Gasteiger partial charge in [0.2, 0.25) is 5.91 Å². The highest BCUT2D eigenvalue weighted by Crippen LogP contribution is 2.42. The van der Waals surface area contributed by atoms with Gasteiger partial charge in [-0.05, 0) is 63.4 Å². The Bertz CT molecular complexity index is 1110. The van der Waals surface area contributed by atoms with E-state index in [1.165, 1.54) is 6.92 Å². The highest BCUT2D eigenvalue weighted by Gasteiger charge is 2.42. The lowest BCUT2D eigenvalue weighted by Gasteiger charge is -2.43. The molecule has 2 aliphatic heterocycles. The van der Waals surface area contributed by atoms with Crippen LogP contribution in [0.1, 0.15) is 76.5 Å². The van der Waals surface area contributed by atoms with Crippen molar-refractivity contribution in [1.29, 1.82) is 0 Å². The average Bonchev–Trinajstić information content (AvgIpc) is 3.32. The van der Waals surface area contributed by atoms with Crippen molar-refractivity contribution in [3.8, 4) is 0 Å². The number of anilines is 1. The summed E-state index contributed by atoms with van der Waals surface area (Å²) >= 11 is 0. The number of benzene rings is 2. The van der Waals surface area contributed by atoms with Crippen molar-refractivity contribution < 1.29 is 28.9 Å². The Hall–Kier alpha value is -2.78. The van der Waals surface area contributed by atoms with Gasteiger partial charge in [-0.1, -0.05) is 43.3 Å². The molecular formula is C30H40N2O6. The first-order chi connectivity index (χ1) is 18.0. The van der Waals surface area contributed by atoms with Crippen LogP contribution in [-0.2, 0) is 30.4 Å². The van der Waals surface area contributed by atoms with Gasteiger partial charge in [-0.25, -0.2) is 0 Å². The maximum Gasteiger partial charge on any atom is 0.323 e. The van der Waals surface area contributed by atoms with Crippen molar-refractivity contribution in [3.05, 3.63) is 65.2 Å². The fraction of sp³-hybridized carbons (Fsp3) is 0.533. The molecule has 5 atom stereocenters. The van der Waals surface area contributed by atoms with Gasteiger partial charge in [0.15, 0.2) is 6.29 Å². The molecule has 0 bridgehead atoms. The van der Waals surface area contributed by atoms with Gasteiger partial charge in [-0.15, -0.1) is 0 Å². The molecule has 5 unspecified atom stereocenters. The number of rotatable bonds is 7. The van der Waals surface area contributed by atoms with E-state index in [-0.39, 0.29) is 42.7 Å². The maximum atomic E-state index is 13.0. The maximum absolute atomic E-state index is 13.0. The first-order valence-corrected chi connectivity index (χ1v) is 13.4. The van der Waals surface area contributed by atoms with E-state index < -0.39 is 11.9 Å². The summed E-state index contributed by atoms with van der Waals surface area (Å²) in [7, 11) is 0. The van der Waals surface area contributed by atoms with Crippen LogP contribution >= 0.6 is 0 Å². The Morgan fingerprint density at radius 1 is 1.11 bits per heavy atom. The fourth-order valence-corrected chi connectivity index (χ4v) is 5.21. The smallest absolute Gasteiger partial charge is 0.323 e. The van der Waals surface area contributed by atoms with Crippen molar-refractivity contribution in [1.82, 2.24) is 4.90 Å². The zero-order valence-electron chi connectivity index (χ0n) is 23.0. The Kier molecular flexibility index (Phi) is 8.88.